The number of anilines is 1. The summed E-state index contributed by atoms with van der Waals surface area (Å²) in [7, 11) is 1.84. The molecule has 0 aliphatic rings. The molecule has 0 aliphatic carbocycles. The quantitative estimate of drug-likeness (QED) is 0.782. The van der Waals surface area contributed by atoms with Crippen LogP contribution in [-0.2, 0) is 7.05 Å². The first-order valence-electron chi connectivity index (χ1n) is 3.52. The molecule has 0 saturated carbocycles. The fourth-order valence-electron chi connectivity index (χ4n) is 0.902. The molecule has 0 spiro atoms. The molecule has 0 radical (unpaired) electrons. The smallest absolute Gasteiger partial charge is 0.136 e. The average Bonchev–Trinajstić information content (AvgIpc) is 2.17. The number of nitrogen functional groups attached to an aromatic ring is 1. The molecule has 1 heterocycles. The van der Waals surface area contributed by atoms with Crippen molar-refractivity contribution in [3.63, 3.8) is 0 Å². The van der Waals surface area contributed by atoms with Crippen LogP contribution in [0.5, 0.6) is 0 Å². The molecule has 0 fully saturated rings. The fourth-order valence-corrected chi connectivity index (χ4v) is 1.70. The standard InChI is InChI=1S/C7H12BrN3/c1-4(2)6-5(8)7(9)11(3)10-6/h4H,9H2,1-3H3. The van der Waals surface area contributed by atoms with Gasteiger partial charge >= 0.3 is 0 Å². The molecule has 2 N–H and O–H groups in total. The highest BCUT2D eigenvalue weighted by Crippen LogP contribution is 2.28. The summed E-state index contributed by atoms with van der Waals surface area (Å²) in [5.41, 5.74) is 6.71. The van der Waals surface area contributed by atoms with Gasteiger partial charge in [0.25, 0.3) is 0 Å². The van der Waals surface area contributed by atoms with Crippen LogP contribution in [0, 0.1) is 0 Å². The monoisotopic (exact) mass is 217 g/mol. The Balaban J connectivity index is 3.19. The summed E-state index contributed by atoms with van der Waals surface area (Å²) in [5, 5.41) is 4.25. The number of hydrogen-bond acceptors (Lipinski definition) is 2. The second-order valence-corrected chi connectivity index (χ2v) is 3.66. The highest BCUT2D eigenvalue weighted by Gasteiger charge is 2.13. The predicted octanol–water partition coefficient (Wildman–Crippen LogP) is 1.89. The van der Waals surface area contributed by atoms with Crippen LogP contribution >= 0.6 is 15.9 Å². The molecule has 0 aliphatic heterocycles. The number of hydrogen-bond donors (Lipinski definition) is 1. The van der Waals surface area contributed by atoms with E-state index in [9.17, 15) is 0 Å². The van der Waals surface area contributed by atoms with E-state index in [-0.39, 0.29) is 0 Å². The van der Waals surface area contributed by atoms with Gasteiger partial charge in [0.05, 0.1) is 10.2 Å². The Kier molecular flexibility index (Phi) is 2.23. The van der Waals surface area contributed by atoms with E-state index in [4.69, 9.17) is 5.73 Å². The molecule has 62 valence electrons. The van der Waals surface area contributed by atoms with Gasteiger partial charge in [-0.1, -0.05) is 13.8 Å². The van der Waals surface area contributed by atoms with E-state index in [1.165, 1.54) is 0 Å². The normalized spacial score (nSPS) is 11.0. The SMILES string of the molecule is CC(C)c1nn(C)c(N)c1Br. The largest absolute Gasteiger partial charge is 0.383 e. The van der Waals surface area contributed by atoms with Gasteiger partial charge in [-0.3, -0.25) is 4.68 Å². The minimum Gasteiger partial charge on any atom is -0.383 e. The third kappa shape index (κ3) is 1.40. The van der Waals surface area contributed by atoms with Gasteiger partial charge in [-0.25, -0.2) is 0 Å². The molecule has 3 nitrogen and oxygen atoms in total. The van der Waals surface area contributed by atoms with Crippen LogP contribution in [0.3, 0.4) is 0 Å². The Bertz CT molecular complexity index is 265. The van der Waals surface area contributed by atoms with Crippen LogP contribution in [0.15, 0.2) is 4.47 Å². The van der Waals surface area contributed by atoms with Crippen molar-refractivity contribution in [2.75, 3.05) is 5.73 Å². The van der Waals surface area contributed by atoms with E-state index in [2.05, 4.69) is 34.9 Å². The van der Waals surface area contributed by atoms with Crippen molar-refractivity contribution in [1.82, 2.24) is 9.78 Å². The zero-order valence-corrected chi connectivity index (χ0v) is 8.51. The summed E-state index contributed by atoms with van der Waals surface area (Å²) in [6.45, 7) is 4.18. The van der Waals surface area contributed by atoms with Crippen molar-refractivity contribution in [2.45, 2.75) is 19.8 Å². The lowest BCUT2D eigenvalue weighted by Gasteiger charge is -1.98. The number of rotatable bonds is 1. The molecule has 0 aromatic carbocycles. The fraction of sp³-hybridized carbons (Fsp3) is 0.571. The second kappa shape index (κ2) is 2.85. The summed E-state index contributed by atoms with van der Waals surface area (Å²) < 4.78 is 2.61. The molecule has 11 heavy (non-hydrogen) atoms. The van der Waals surface area contributed by atoms with Crippen LogP contribution < -0.4 is 5.73 Å². The zero-order chi connectivity index (χ0) is 8.59. The predicted molar refractivity (Wildman–Crippen MR) is 49.4 cm³/mol. The van der Waals surface area contributed by atoms with Crippen LogP contribution in [0.25, 0.3) is 0 Å². The minimum absolute atomic E-state index is 0.410. The van der Waals surface area contributed by atoms with Gasteiger partial charge in [-0.15, -0.1) is 0 Å². The second-order valence-electron chi connectivity index (χ2n) is 2.86. The lowest BCUT2D eigenvalue weighted by Crippen LogP contribution is -1.97. The van der Waals surface area contributed by atoms with E-state index in [0.717, 1.165) is 10.2 Å². The first kappa shape index (κ1) is 8.59. The van der Waals surface area contributed by atoms with Crippen LogP contribution in [0.4, 0.5) is 5.82 Å². The zero-order valence-electron chi connectivity index (χ0n) is 6.93. The minimum atomic E-state index is 0.410. The molecule has 1 rings (SSSR count). The van der Waals surface area contributed by atoms with Gasteiger partial charge < -0.3 is 5.73 Å². The topological polar surface area (TPSA) is 43.8 Å². The Morgan fingerprint density at radius 1 is 1.55 bits per heavy atom. The first-order valence-corrected chi connectivity index (χ1v) is 4.31. The van der Waals surface area contributed by atoms with Gasteiger partial charge in [-0.2, -0.15) is 5.10 Å². The summed E-state index contributed by atoms with van der Waals surface area (Å²) in [5.74, 6) is 1.10. The number of aromatic nitrogens is 2. The Morgan fingerprint density at radius 3 is 2.27 bits per heavy atom. The van der Waals surface area contributed by atoms with Gasteiger partial charge in [-0.05, 0) is 21.8 Å². The van der Waals surface area contributed by atoms with E-state index >= 15 is 0 Å². The maximum Gasteiger partial charge on any atom is 0.136 e. The van der Waals surface area contributed by atoms with Crippen molar-refractivity contribution in [3.05, 3.63) is 10.2 Å². The molecule has 0 saturated heterocycles. The van der Waals surface area contributed by atoms with Crippen LogP contribution in [0.2, 0.25) is 0 Å². The van der Waals surface area contributed by atoms with Gasteiger partial charge in [0.2, 0.25) is 0 Å². The summed E-state index contributed by atoms with van der Waals surface area (Å²) >= 11 is 3.39. The molecule has 4 heteroatoms. The molecular formula is C7H12BrN3. The summed E-state index contributed by atoms with van der Waals surface area (Å²) in [6.07, 6.45) is 0. The molecule has 1 aromatic heterocycles. The molecule has 0 unspecified atom stereocenters. The van der Waals surface area contributed by atoms with Gasteiger partial charge in [0, 0.05) is 7.05 Å². The summed E-state index contributed by atoms with van der Waals surface area (Å²) in [6, 6.07) is 0. The van der Waals surface area contributed by atoms with Crippen LogP contribution in [0.1, 0.15) is 25.5 Å². The van der Waals surface area contributed by atoms with E-state index in [1.54, 1.807) is 4.68 Å². The molecule has 1 aromatic rings. The maximum atomic E-state index is 5.69. The lowest BCUT2D eigenvalue weighted by atomic mass is 10.1. The van der Waals surface area contributed by atoms with Crippen molar-refractivity contribution < 1.29 is 0 Å². The lowest BCUT2D eigenvalue weighted by molar-refractivity contribution is 0.718. The van der Waals surface area contributed by atoms with Crippen molar-refractivity contribution in [2.24, 2.45) is 7.05 Å². The third-order valence-corrected chi connectivity index (χ3v) is 2.42. The van der Waals surface area contributed by atoms with Gasteiger partial charge in [0.15, 0.2) is 0 Å². The number of nitrogens with zero attached hydrogens (tertiary/aromatic N) is 2. The maximum absolute atomic E-state index is 5.69. The highest BCUT2D eigenvalue weighted by atomic mass is 79.9. The number of aryl methyl sites for hydroxylation is 1. The first-order chi connectivity index (χ1) is 5.04. The van der Waals surface area contributed by atoms with Crippen molar-refractivity contribution >= 4 is 21.7 Å². The Morgan fingerprint density at radius 2 is 2.09 bits per heavy atom. The van der Waals surface area contributed by atoms with E-state index in [0.29, 0.717) is 11.7 Å². The number of nitrogens with two attached hydrogens (primary N) is 1. The molecule has 0 amide bonds. The van der Waals surface area contributed by atoms with Crippen LogP contribution in [-0.4, -0.2) is 9.78 Å². The van der Waals surface area contributed by atoms with E-state index in [1.807, 2.05) is 7.05 Å². The Labute approximate surface area is 74.7 Å². The Hall–Kier alpha value is -0.510. The third-order valence-electron chi connectivity index (χ3n) is 1.60. The molecular weight excluding hydrogens is 206 g/mol. The highest BCUT2D eigenvalue weighted by molar-refractivity contribution is 9.10. The van der Waals surface area contributed by atoms with Gasteiger partial charge in [0.1, 0.15) is 5.82 Å². The van der Waals surface area contributed by atoms with Crippen molar-refractivity contribution in [1.29, 1.82) is 0 Å². The number of halogens is 1. The molecule has 0 atom stereocenters. The average molecular weight is 218 g/mol. The molecule has 0 bridgehead atoms. The van der Waals surface area contributed by atoms with E-state index < -0.39 is 0 Å². The van der Waals surface area contributed by atoms with Crippen molar-refractivity contribution in [3.8, 4) is 0 Å². The summed E-state index contributed by atoms with van der Waals surface area (Å²) in [4.78, 5) is 0.